The van der Waals surface area contributed by atoms with Crippen molar-refractivity contribution in [3.63, 3.8) is 0 Å². The summed E-state index contributed by atoms with van der Waals surface area (Å²) in [5.74, 6) is 0.362. The van der Waals surface area contributed by atoms with Crippen molar-refractivity contribution in [2.24, 2.45) is 5.92 Å². The number of benzene rings is 2. The number of carbonyl (C=O) groups is 1. The van der Waals surface area contributed by atoms with Gasteiger partial charge >= 0.3 is 0 Å². The predicted octanol–water partition coefficient (Wildman–Crippen LogP) is 2.41. The third-order valence-electron chi connectivity index (χ3n) is 4.60. The van der Waals surface area contributed by atoms with E-state index in [2.05, 4.69) is 76.2 Å². The van der Waals surface area contributed by atoms with Crippen molar-refractivity contribution in [3.05, 3.63) is 71.8 Å². The van der Waals surface area contributed by atoms with Crippen molar-refractivity contribution in [1.82, 2.24) is 15.5 Å². The van der Waals surface area contributed by atoms with E-state index in [1.54, 1.807) is 0 Å². The van der Waals surface area contributed by atoms with Crippen LogP contribution in [0.25, 0.3) is 0 Å². The SMILES string of the molecule is O=C(NCCCN(Cc1ccccc1)Cc1ccccc1)C1CNC1. The minimum Gasteiger partial charge on any atom is -0.356 e. The molecule has 132 valence electrons. The van der Waals surface area contributed by atoms with E-state index < -0.39 is 0 Å². The summed E-state index contributed by atoms with van der Waals surface area (Å²) in [5.41, 5.74) is 2.64. The van der Waals surface area contributed by atoms with E-state index in [1.165, 1.54) is 11.1 Å². The molecule has 2 aromatic carbocycles. The second-order valence-corrected chi connectivity index (χ2v) is 6.68. The highest BCUT2D eigenvalue weighted by Gasteiger charge is 2.24. The molecule has 0 bridgehead atoms. The van der Waals surface area contributed by atoms with E-state index in [0.717, 1.165) is 45.7 Å². The lowest BCUT2D eigenvalue weighted by molar-refractivity contribution is -0.126. The first kappa shape index (κ1) is 17.6. The number of hydrogen-bond acceptors (Lipinski definition) is 3. The standard InChI is InChI=1S/C21H27N3O/c25-21(20-14-22-15-20)23-12-7-13-24(16-18-8-3-1-4-9-18)17-19-10-5-2-6-11-19/h1-6,8-11,20,22H,7,12-17H2,(H,23,25). The van der Waals surface area contributed by atoms with Crippen molar-refractivity contribution < 1.29 is 4.79 Å². The Morgan fingerprint density at radius 3 is 2.00 bits per heavy atom. The van der Waals surface area contributed by atoms with Gasteiger partial charge in [-0.1, -0.05) is 60.7 Å². The molecule has 0 saturated carbocycles. The number of carbonyl (C=O) groups excluding carboxylic acids is 1. The Morgan fingerprint density at radius 1 is 0.960 bits per heavy atom. The molecule has 1 aliphatic heterocycles. The van der Waals surface area contributed by atoms with Gasteiger partial charge in [0.25, 0.3) is 0 Å². The van der Waals surface area contributed by atoms with Gasteiger partial charge in [-0.3, -0.25) is 9.69 Å². The third kappa shape index (κ3) is 5.69. The van der Waals surface area contributed by atoms with Gasteiger partial charge in [0.2, 0.25) is 5.91 Å². The highest BCUT2D eigenvalue weighted by molar-refractivity contribution is 5.79. The Hall–Kier alpha value is -2.17. The zero-order valence-electron chi connectivity index (χ0n) is 14.7. The molecule has 1 heterocycles. The van der Waals surface area contributed by atoms with Gasteiger partial charge in [0.05, 0.1) is 5.92 Å². The van der Waals surface area contributed by atoms with E-state index in [-0.39, 0.29) is 11.8 Å². The molecule has 2 N–H and O–H groups in total. The van der Waals surface area contributed by atoms with Crippen molar-refractivity contribution in [2.45, 2.75) is 19.5 Å². The van der Waals surface area contributed by atoms with Crippen LogP contribution in [0.1, 0.15) is 17.5 Å². The van der Waals surface area contributed by atoms with Crippen LogP contribution < -0.4 is 10.6 Å². The Balaban J connectivity index is 1.49. The number of hydrogen-bond donors (Lipinski definition) is 2. The lowest BCUT2D eigenvalue weighted by Gasteiger charge is -2.26. The van der Waals surface area contributed by atoms with Gasteiger partial charge in [-0.15, -0.1) is 0 Å². The Morgan fingerprint density at radius 2 is 1.52 bits per heavy atom. The van der Waals surface area contributed by atoms with Crippen LogP contribution in [0.4, 0.5) is 0 Å². The van der Waals surface area contributed by atoms with Gasteiger partial charge in [-0.05, 0) is 17.5 Å². The monoisotopic (exact) mass is 337 g/mol. The van der Waals surface area contributed by atoms with Gasteiger partial charge in [-0.25, -0.2) is 0 Å². The first-order chi connectivity index (χ1) is 12.3. The minimum atomic E-state index is 0.171. The number of amides is 1. The normalized spacial score (nSPS) is 14.3. The summed E-state index contributed by atoms with van der Waals surface area (Å²) in [6.45, 7) is 5.20. The number of nitrogens with one attached hydrogen (secondary N) is 2. The zero-order valence-corrected chi connectivity index (χ0v) is 14.7. The second kappa shape index (κ2) is 9.35. The van der Waals surface area contributed by atoms with Crippen LogP contribution in [0.3, 0.4) is 0 Å². The summed E-state index contributed by atoms with van der Waals surface area (Å²) in [6, 6.07) is 21.1. The lowest BCUT2D eigenvalue weighted by Crippen LogP contribution is -2.51. The van der Waals surface area contributed by atoms with Gasteiger partial charge in [0.15, 0.2) is 0 Å². The molecule has 0 atom stereocenters. The molecule has 0 spiro atoms. The maximum absolute atomic E-state index is 11.9. The van der Waals surface area contributed by atoms with Crippen molar-refractivity contribution in [3.8, 4) is 0 Å². The van der Waals surface area contributed by atoms with E-state index in [4.69, 9.17) is 0 Å². The lowest BCUT2D eigenvalue weighted by atomic mass is 10.0. The largest absolute Gasteiger partial charge is 0.356 e. The van der Waals surface area contributed by atoms with Crippen molar-refractivity contribution in [1.29, 1.82) is 0 Å². The zero-order chi connectivity index (χ0) is 17.3. The molecule has 0 radical (unpaired) electrons. The smallest absolute Gasteiger partial charge is 0.225 e. The molecule has 0 aliphatic carbocycles. The van der Waals surface area contributed by atoms with Crippen LogP contribution in [-0.2, 0) is 17.9 Å². The molecule has 4 nitrogen and oxygen atoms in total. The molecule has 25 heavy (non-hydrogen) atoms. The van der Waals surface area contributed by atoms with Crippen LogP contribution in [0.2, 0.25) is 0 Å². The van der Waals surface area contributed by atoms with Gasteiger partial charge in [0.1, 0.15) is 0 Å². The topological polar surface area (TPSA) is 44.4 Å². The third-order valence-corrected chi connectivity index (χ3v) is 4.60. The number of nitrogens with zero attached hydrogens (tertiary/aromatic N) is 1. The fourth-order valence-electron chi connectivity index (χ4n) is 3.03. The predicted molar refractivity (Wildman–Crippen MR) is 101 cm³/mol. The maximum Gasteiger partial charge on any atom is 0.225 e. The molecule has 1 fully saturated rings. The second-order valence-electron chi connectivity index (χ2n) is 6.68. The summed E-state index contributed by atoms with van der Waals surface area (Å²) in [5, 5.41) is 6.20. The van der Waals surface area contributed by atoms with Crippen LogP contribution in [0.5, 0.6) is 0 Å². The Bertz CT molecular complexity index is 599. The van der Waals surface area contributed by atoms with Crippen molar-refractivity contribution >= 4 is 5.91 Å². The molecule has 1 amide bonds. The van der Waals surface area contributed by atoms with Crippen LogP contribution >= 0.6 is 0 Å². The fraction of sp³-hybridized carbons (Fsp3) is 0.381. The highest BCUT2D eigenvalue weighted by Crippen LogP contribution is 2.10. The minimum absolute atomic E-state index is 0.171. The average Bonchev–Trinajstić information content (AvgIpc) is 2.59. The summed E-state index contributed by atoms with van der Waals surface area (Å²) in [4.78, 5) is 14.3. The van der Waals surface area contributed by atoms with E-state index >= 15 is 0 Å². The van der Waals surface area contributed by atoms with E-state index in [1.807, 2.05) is 0 Å². The van der Waals surface area contributed by atoms with Crippen molar-refractivity contribution in [2.75, 3.05) is 26.2 Å². The molecular formula is C21H27N3O. The molecule has 1 aliphatic rings. The van der Waals surface area contributed by atoms with E-state index in [0.29, 0.717) is 0 Å². The fourth-order valence-corrected chi connectivity index (χ4v) is 3.03. The van der Waals surface area contributed by atoms with Gasteiger partial charge < -0.3 is 10.6 Å². The summed E-state index contributed by atoms with van der Waals surface area (Å²) in [7, 11) is 0. The van der Waals surface area contributed by atoms with Crippen LogP contribution in [0, 0.1) is 5.92 Å². The Labute approximate surface area is 150 Å². The highest BCUT2D eigenvalue weighted by atomic mass is 16.2. The van der Waals surface area contributed by atoms with Gasteiger partial charge in [0, 0.05) is 39.3 Å². The van der Waals surface area contributed by atoms with E-state index in [9.17, 15) is 4.79 Å². The summed E-state index contributed by atoms with van der Waals surface area (Å²) < 4.78 is 0. The molecular weight excluding hydrogens is 310 g/mol. The first-order valence-corrected chi connectivity index (χ1v) is 9.10. The average molecular weight is 337 g/mol. The van der Waals surface area contributed by atoms with Gasteiger partial charge in [-0.2, -0.15) is 0 Å². The summed E-state index contributed by atoms with van der Waals surface area (Å²) >= 11 is 0. The quantitative estimate of drug-likeness (QED) is 0.691. The Kier molecular flexibility index (Phi) is 6.60. The molecule has 0 aromatic heterocycles. The van der Waals surface area contributed by atoms with Crippen LogP contribution in [-0.4, -0.2) is 37.0 Å². The molecule has 3 rings (SSSR count). The first-order valence-electron chi connectivity index (χ1n) is 9.10. The molecule has 0 unspecified atom stereocenters. The maximum atomic E-state index is 11.9. The molecule has 4 heteroatoms. The molecule has 1 saturated heterocycles. The molecule has 2 aromatic rings. The van der Waals surface area contributed by atoms with Crippen LogP contribution in [0.15, 0.2) is 60.7 Å². The number of rotatable bonds is 9. The summed E-state index contributed by atoms with van der Waals surface area (Å²) in [6.07, 6.45) is 0.964.